The minimum atomic E-state index is -3.80. The second-order valence-corrected chi connectivity index (χ2v) is 5.34. The average molecular weight is 266 g/mol. The molecular weight excluding hydrogens is 255 g/mol. The number of rotatable bonds is 3. The number of benzene rings is 2. The van der Waals surface area contributed by atoms with E-state index in [0.29, 0.717) is 5.69 Å². The van der Waals surface area contributed by atoms with Gasteiger partial charge < -0.3 is 5.73 Å². The molecule has 0 atom stereocenters. The Labute approximate surface area is 104 Å². The number of anilines is 2. The first-order valence-electron chi connectivity index (χ1n) is 5.12. The van der Waals surface area contributed by atoms with Crippen molar-refractivity contribution in [1.29, 1.82) is 0 Å². The Bertz CT molecular complexity index is 657. The molecule has 3 N–H and O–H groups in total. The van der Waals surface area contributed by atoms with Crippen molar-refractivity contribution in [2.45, 2.75) is 4.90 Å². The Morgan fingerprint density at radius 1 is 1.06 bits per heavy atom. The van der Waals surface area contributed by atoms with E-state index in [1.807, 2.05) is 0 Å². The predicted molar refractivity (Wildman–Crippen MR) is 68.1 cm³/mol. The molecule has 0 fully saturated rings. The van der Waals surface area contributed by atoms with Crippen molar-refractivity contribution in [3.63, 3.8) is 0 Å². The van der Waals surface area contributed by atoms with E-state index in [1.54, 1.807) is 30.3 Å². The van der Waals surface area contributed by atoms with Gasteiger partial charge in [-0.15, -0.1) is 0 Å². The van der Waals surface area contributed by atoms with Crippen LogP contribution in [0.15, 0.2) is 53.4 Å². The molecule has 0 aliphatic rings. The molecule has 2 aromatic rings. The van der Waals surface area contributed by atoms with Crippen LogP contribution in [0.3, 0.4) is 0 Å². The van der Waals surface area contributed by atoms with Gasteiger partial charge in [0, 0.05) is 5.69 Å². The lowest BCUT2D eigenvalue weighted by atomic mass is 10.3. The summed E-state index contributed by atoms with van der Waals surface area (Å²) in [4.78, 5) is -0.168. The lowest BCUT2D eigenvalue weighted by Crippen LogP contribution is -2.13. The first-order valence-corrected chi connectivity index (χ1v) is 6.60. The summed E-state index contributed by atoms with van der Waals surface area (Å²) in [6.45, 7) is 0. The number of nitrogens with one attached hydrogen (secondary N) is 1. The first kappa shape index (κ1) is 12.4. The van der Waals surface area contributed by atoms with Gasteiger partial charge in [0.2, 0.25) is 0 Å². The topological polar surface area (TPSA) is 72.2 Å². The van der Waals surface area contributed by atoms with Crippen LogP contribution >= 0.6 is 0 Å². The highest BCUT2D eigenvalue weighted by atomic mass is 32.2. The van der Waals surface area contributed by atoms with Gasteiger partial charge in [-0.3, -0.25) is 4.72 Å². The maximum absolute atomic E-state index is 13.2. The zero-order valence-corrected chi connectivity index (χ0v) is 10.1. The van der Waals surface area contributed by atoms with Crippen LogP contribution in [-0.2, 0) is 10.0 Å². The summed E-state index contributed by atoms with van der Waals surface area (Å²) in [5.41, 5.74) is 5.62. The van der Waals surface area contributed by atoms with Gasteiger partial charge in [-0.1, -0.05) is 18.2 Å². The molecule has 0 radical (unpaired) electrons. The molecule has 0 aliphatic carbocycles. The predicted octanol–water partition coefficient (Wildman–Crippen LogP) is 2.21. The highest BCUT2D eigenvalue weighted by Gasteiger charge is 2.15. The maximum Gasteiger partial charge on any atom is 0.261 e. The fourth-order valence-corrected chi connectivity index (χ4v) is 2.47. The molecule has 18 heavy (non-hydrogen) atoms. The average Bonchev–Trinajstić information content (AvgIpc) is 2.33. The summed E-state index contributed by atoms with van der Waals surface area (Å²) >= 11 is 0. The van der Waals surface area contributed by atoms with E-state index in [4.69, 9.17) is 5.73 Å². The summed E-state index contributed by atoms with van der Waals surface area (Å²) in [7, 11) is -3.80. The van der Waals surface area contributed by atoms with Gasteiger partial charge in [0.1, 0.15) is 5.82 Å². The van der Waals surface area contributed by atoms with Crippen LogP contribution in [0.5, 0.6) is 0 Å². The zero-order chi connectivity index (χ0) is 13.2. The van der Waals surface area contributed by atoms with Crippen molar-refractivity contribution in [2.75, 3.05) is 10.5 Å². The molecule has 6 heteroatoms. The fraction of sp³-hybridized carbons (Fsp3) is 0. The molecule has 94 valence electrons. The molecule has 2 rings (SSSR count). The summed E-state index contributed by atoms with van der Waals surface area (Å²) in [5, 5.41) is 0. The lowest BCUT2D eigenvalue weighted by molar-refractivity contribution is 0.596. The molecular formula is C12H11FN2O2S. The van der Waals surface area contributed by atoms with Gasteiger partial charge in [-0.25, -0.2) is 12.8 Å². The quantitative estimate of drug-likeness (QED) is 0.837. The standard InChI is InChI=1S/C12H11FN2O2S/c13-11-8-10(6-7-12(11)14)18(16,17)15-9-4-2-1-3-5-9/h1-8,15H,14H2. The van der Waals surface area contributed by atoms with Gasteiger partial charge >= 0.3 is 0 Å². The molecule has 0 spiro atoms. The monoisotopic (exact) mass is 266 g/mol. The smallest absolute Gasteiger partial charge is 0.261 e. The molecule has 0 aromatic heterocycles. The third-order valence-electron chi connectivity index (χ3n) is 2.31. The molecule has 0 saturated carbocycles. The van der Waals surface area contributed by atoms with Crippen LogP contribution in [0.1, 0.15) is 0 Å². The summed E-state index contributed by atoms with van der Waals surface area (Å²) in [6.07, 6.45) is 0. The van der Waals surface area contributed by atoms with E-state index >= 15 is 0 Å². The Kier molecular flexibility index (Phi) is 3.20. The zero-order valence-electron chi connectivity index (χ0n) is 9.30. The van der Waals surface area contributed by atoms with Crippen LogP contribution < -0.4 is 10.5 Å². The number of hydrogen-bond donors (Lipinski definition) is 2. The van der Waals surface area contributed by atoms with E-state index in [-0.39, 0.29) is 10.6 Å². The van der Waals surface area contributed by atoms with Crippen LogP contribution in [0.4, 0.5) is 15.8 Å². The highest BCUT2D eigenvalue weighted by molar-refractivity contribution is 7.92. The van der Waals surface area contributed by atoms with E-state index in [2.05, 4.69) is 4.72 Å². The van der Waals surface area contributed by atoms with Crippen molar-refractivity contribution in [2.24, 2.45) is 0 Å². The number of hydrogen-bond acceptors (Lipinski definition) is 3. The Balaban J connectivity index is 2.34. The minimum absolute atomic E-state index is 0.0892. The molecule has 2 aromatic carbocycles. The van der Waals surface area contributed by atoms with E-state index < -0.39 is 15.8 Å². The first-order chi connectivity index (χ1) is 8.49. The van der Waals surface area contributed by atoms with E-state index in [1.165, 1.54) is 12.1 Å². The maximum atomic E-state index is 13.2. The second kappa shape index (κ2) is 4.66. The van der Waals surface area contributed by atoms with Gasteiger partial charge in [-0.05, 0) is 30.3 Å². The third-order valence-corrected chi connectivity index (χ3v) is 3.69. The number of halogens is 1. The largest absolute Gasteiger partial charge is 0.396 e. The Hall–Kier alpha value is -2.08. The molecule has 0 unspecified atom stereocenters. The summed E-state index contributed by atoms with van der Waals surface area (Å²) < 4.78 is 39.5. The van der Waals surface area contributed by atoms with Crippen LogP contribution in [-0.4, -0.2) is 8.42 Å². The van der Waals surface area contributed by atoms with Crippen molar-refractivity contribution >= 4 is 21.4 Å². The van der Waals surface area contributed by atoms with Crippen LogP contribution in [0, 0.1) is 5.82 Å². The van der Waals surface area contributed by atoms with Gasteiger partial charge in [0.15, 0.2) is 0 Å². The Morgan fingerprint density at radius 3 is 2.33 bits per heavy atom. The molecule has 0 saturated heterocycles. The SMILES string of the molecule is Nc1ccc(S(=O)(=O)Nc2ccccc2)cc1F. The number of nitrogen functional groups attached to an aromatic ring is 1. The molecule has 0 bridgehead atoms. The van der Waals surface area contributed by atoms with Crippen molar-refractivity contribution in [3.05, 3.63) is 54.3 Å². The highest BCUT2D eigenvalue weighted by Crippen LogP contribution is 2.19. The molecule has 4 nitrogen and oxygen atoms in total. The summed E-state index contributed by atoms with van der Waals surface area (Å²) in [6, 6.07) is 11.7. The van der Waals surface area contributed by atoms with Crippen molar-refractivity contribution < 1.29 is 12.8 Å². The minimum Gasteiger partial charge on any atom is -0.396 e. The summed E-state index contributed by atoms with van der Waals surface area (Å²) in [5.74, 6) is -0.758. The molecule has 0 heterocycles. The number of nitrogens with two attached hydrogens (primary N) is 1. The van der Waals surface area contributed by atoms with Gasteiger partial charge in [0.05, 0.1) is 10.6 Å². The molecule has 0 aliphatic heterocycles. The van der Waals surface area contributed by atoms with Crippen molar-refractivity contribution in [3.8, 4) is 0 Å². The van der Waals surface area contributed by atoms with E-state index in [9.17, 15) is 12.8 Å². The number of sulfonamides is 1. The van der Waals surface area contributed by atoms with Gasteiger partial charge in [-0.2, -0.15) is 0 Å². The van der Waals surface area contributed by atoms with Crippen LogP contribution in [0.25, 0.3) is 0 Å². The van der Waals surface area contributed by atoms with Crippen molar-refractivity contribution in [1.82, 2.24) is 0 Å². The number of para-hydroxylation sites is 1. The molecule has 0 amide bonds. The van der Waals surface area contributed by atoms with Crippen LogP contribution in [0.2, 0.25) is 0 Å². The fourth-order valence-electron chi connectivity index (χ4n) is 1.40. The van der Waals surface area contributed by atoms with Gasteiger partial charge in [0.25, 0.3) is 10.0 Å². The Morgan fingerprint density at radius 2 is 1.72 bits per heavy atom. The third kappa shape index (κ3) is 2.60. The normalized spacial score (nSPS) is 11.2. The lowest BCUT2D eigenvalue weighted by Gasteiger charge is -2.08. The van der Waals surface area contributed by atoms with E-state index in [0.717, 1.165) is 6.07 Å². The second-order valence-electron chi connectivity index (χ2n) is 3.65.